The zero-order chi connectivity index (χ0) is 37.1. The standard InChI is InChI=1S/C34H44N8O8S/c1-33(2,48)27-19-37-40-42(27)24-17-26(31(46)39-34(28(43)29(36)44)12-14-51(49,50)15-13-34)41(20-24)32(47)25(16-21-6-4-3-5-7-21)38-30(45)23-10-8-22(18-35)9-11-23/h8-11,19,21,24-26,48H,3-7,12-17,20H2,1-2H3,(H2,36,44)(H,38,45)(H,39,46)/t24-,25?,26-/m0/s1. The van der Waals surface area contributed by atoms with Crippen LogP contribution in [0.5, 0.6) is 0 Å². The number of nitriles is 1. The van der Waals surface area contributed by atoms with Crippen molar-refractivity contribution in [1.29, 1.82) is 5.26 Å². The lowest BCUT2D eigenvalue weighted by atomic mass is 9.84. The van der Waals surface area contributed by atoms with Crippen LogP contribution in [0.2, 0.25) is 0 Å². The second-order valence-corrected chi connectivity index (χ2v) is 16.7. The predicted molar refractivity (Wildman–Crippen MR) is 181 cm³/mol. The minimum atomic E-state index is -3.53. The van der Waals surface area contributed by atoms with E-state index in [4.69, 9.17) is 5.73 Å². The first-order valence-corrected chi connectivity index (χ1v) is 19.0. The summed E-state index contributed by atoms with van der Waals surface area (Å²) in [6.07, 6.45) is 5.64. The monoisotopic (exact) mass is 724 g/mol. The number of nitrogens with one attached hydrogen (secondary N) is 2. The average molecular weight is 725 g/mol. The SMILES string of the molecule is CC(C)(O)c1cnnn1[C@H]1C[C@@H](C(=O)NC2(C(=O)C(N)=O)CCS(=O)(=O)CC2)N(C(=O)C(CC2CCCCC2)NC(=O)c2ccc(C#N)cc2)C1. The molecule has 1 unspecified atom stereocenters. The third kappa shape index (κ3) is 8.45. The number of rotatable bonds is 11. The summed E-state index contributed by atoms with van der Waals surface area (Å²) in [5, 5.41) is 33.6. The highest BCUT2D eigenvalue weighted by Gasteiger charge is 2.50. The normalized spacial score (nSPS) is 22.4. The highest BCUT2D eigenvalue weighted by atomic mass is 32.2. The van der Waals surface area contributed by atoms with Crippen LogP contribution >= 0.6 is 0 Å². The van der Waals surface area contributed by atoms with Crippen LogP contribution in [0.25, 0.3) is 0 Å². The molecule has 3 heterocycles. The molecule has 0 bridgehead atoms. The van der Waals surface area contributed by atoms with Gasteiger partial charge in [0.2, 0.25) is 17.6 Å². The number of carbonyl (C=O) groups is 5. The Hall–Kier alpha value is -4.69. The summed E-state index contributed by atoms with van der Waals surface area (Å²) in [6.45, 7) is 3.00. The van der Waals surface area contributed by atoms with Crippen molar-refractivity contribution in [3.63, 3.8) is 0 Å². The van der Waals surface area contributed by atoms with E-state index >= 15 is 0 Å². The van der Waals surface area contributed by atoms with E-state index in [1.165, 1.54) is 40.0 Å². The van der Waals surface area contributed by atoms with E-state index in [9.17, 15) is 42.8 Å². The molecule has 0 spiro atoms. The van der Waals surface area contributed by atoms with Gasteiger partial charge in [0.25, 0.3) is 11.8 Å². The van der Waals surface area contributed by atoms with Gasteiger partial charge in [0.15, 0.2) is 9.84 Å². The third-order valence-electron chi connectivity index (χ3n) is 10.3. The summed E-state index contributed by atoms with van der Waals surface area (Å²) >= 11 is 0. The van der Waals surface area contributed by atoms with Gasteiger partial charge in [0.1, 0.15) is 23.2 Å². The van der Waals surface area contributed by atoms with Crippen molar-refractivity contribution < 1.29 is 37.5 Å². The van der Waals surface area contributed by atoms with Gasteiger partial charge in [0, 0.05) is 18.5 Å². The lowest BCUT2D eigenvalue weighted by molar-refractivity contribution is -0.145. The number of ketones is 1. The number of nitrogens with two attached hydrogens (primary N) is 1. The molecule has 2 aromatic rings. The van der Waals surface area contributed by atoms with E-state index in [0.29, 0.717) is 17.7 Å². The summed E-state index contributed by atoms with van der Waals surface area (Å²) < 4.78 is 26.0. The van der Waals surface area contributed by atoms with E-state index in [0.717, 1.165) is 32.1 Å². The highest BCUT2D eigenvalue weighted by molar-refractivity contribution is 7.91. The molecule has 1 aromatic heterocycles. The van der Waals surface area contributed by atoms with Crippen LogP contribution in [0, 0.1) is 17.2 Å². The Kier molecular flexibility index (Phi) is 11.0. The van der Waals surface area contributed by atoms with E-state index in [1.807, 2.05) is 6.07 Å². The lowest BCUT2D eigenvalue weighted by Crippen LogP contribution is -2.64. The van der Waals surface area contributed by atoms with Crippen LogP contribution in [0.4, 0.5) is 0 Å². The van der Waals surface area contributed by atoms with Crippen molar-refractivity contribution in [2.24, 2.45) is 11.7 Å². The van der Waals surface area contributed by atoms with Gasteiger partial charge in [-0.1, -0.05) is 37.3 Å². The molecule has 2 saturated heterocycles. The summed E-state index contributed by atoms with van der Waals surface area (Å²) in [5.74, 6) is -5.16. The van der Waals surface area contributed by atoms with E-state index in [-0.39, 0.29) is 37.3 Å². The summed E-state index contributed by atoms with van der Waals surface area (Å²) in [7, 11) is -3.53. The molecular formula is C34H44N8O8S. The Labute approximate surface area is 296 Å². The van der Waals surface area contributed by atoms with E-state index in [2.05, 4.69) is 20.9 Å². The molecule has 51 heavy (non-hydrogen) atoms. The summed E-state index contributed by atoms with van der Waals surface area (Å²) in [4.78, 5) is 69.0. The van der Waals surface area contributed by atoms with Crippen LogP contribution in [-0.4, -0.2) is 98.5 Å². The van der Waals surface area contributed by atoms with Crippen molar-refractivity contribution >= 4 is 39.2 Å². The van der Waals surface area contributed by atoms with Gasteiger partial charge in [-0.3, -0.25) is 24.0 Å². The molecule has 4 amide bonds. The molecule has 2 aliphatic heterocycles. The fourth-order valence-electron chi connectivity index (χ4n) is 7.40. The summed E-state index contributed by atoms with van der Waals surface area (Å²) in [6, 6.07) is 4.98. The molecular weight excluding hydrogens is 680 g/mol. The first-order chi connectivity index (χ1) is 24.0. The first kappa shape index (κ1) is 37.6. The highest BCUT2D eigenvalue weighted by Crippen LogP contribution is 2.34. The van der Waals surface area contributed by atoms with Gasteiger partial charge >= 0.3 is 0 Å². The topological polar surface area (TPSA) is 248 Å². The number of hydrogen-bond donors (Lipinski definition) is 4. The number of sulfone groups is 1. The smallest absolute Gasteiger partial charge is 0.287 e. The van der Waals surface area contributed by atoms with Gasteiger partial charge < -0.3 is 26.4 Å². The fraction of sp³-hybridized carbons (Fsp3) is 0.588. The predicted octanol–water partition coefficient (Wildman–Crippen LogP) is 0.406. The molecule has 274 valence electrons. The van der Waals surface area contributed by atoms with Gasteiger partial charge in [-0.15, -0.1) is 5.10 Å². The number of primary amides is 1. The minimum absolute atomic E-state index is 0.0388. The zero-order valence-corrected chi connectivity index (χ0v) is 29.5. The number of carbonyl (C=O) groups excluding carboxylic acids is 5. The molecule has 3 aliphatic rings. The lowest BCUT2D eigenvalue weighted by Gasteiger charge is -2.37. The number of aliphatic hydroxyl groups is 1. The largest absolute Gasteiger partial charge is 0.384 e. The fourth-order valence-corrected chi connectivity index (χ4v) is 8.92. The number of Topliss-reactive ketones (excluding diaryl/α,β-unsaturated/α-hetero) is 1. The molecule has 1 aliphatic carbocycles. The molecule has 5 rings (SSSR count). The van der Waals surface area contributed by atoms with Gasteiger partial charge in [-0.05, 0) is 63.3 Å². The Morgan fingerprint density at radius 1 is 1.10 bits per heavy atom. The quantitative estimate of drug-likeness (QED) is 0.231. The second kappa shape index (κ2) is 14.9. The molecule has 3 atom stereocenters. The molecule has 17 heteroatoms. The number of aromatic nitrogens is 3. The Morgan fingerprint density at radius 2 is 1.75 bits per heavy atom. The number of likely N-dealkylation sites (tertiary alicyclic amines) is 1. The molecule has 16 nitrogen and oxygen atoms in total. The van der Waals surface area contributed by atoms with Crippen molar-refractivity contribution in [2.75, 3.05) is 18.1 Å². The molecule has 0 radical (unpaired) electrons. The van der Waals surface area contributed by atoms with E-state index in [1.54, 1.807) is 13.8 Å². The number of hydrogen-bond acceptors (Lipinski definition) is 11. The number of amides is 4. The van der Waals surface area contributed by atoms with Crippen molar-refractivity contribution in [2.45, 2.75) is 101 Å². The Balaban J connectivity index is 1.49. The van der Waals surface area contributed by atoms with Gasteiger partial charge in [-0.25, -0.2) is 13.1 Å². The number of benzene rings is 1. The zero-order valence-electron chi connectivity index (χ0n) is 28.7. The second-order valence-electron chi connectivity index (χ2n) is 14.4. The third-order valence-corrected chi connectivity index (χ3v) is 11.9. The molecule has 3 fully saturated rings. The van der Waals surface area contributed by atoms with Crippen molar-refractivity contribution in [3.8, 4) is 6.07 Å². The molecule has 1 aromatic carbocycles. The number of nitrogens with zero attached hydrogens (tertiary/aromatic N) is 5. The Bertz CT molecular complexity index is 1810. The van der Waals surface area contributed by atoms with Crippen LogP contribution < -0.4 is 16.4 Å². The van der Waals surface area contributed by atoms with Crippen molar-refractivity contribution in [3.05, 3.63) is 47.3 Å². The maximum absolute atomic E-state index is 14.7. The van der Waals surface area contributed by atoms with Crippen LogP contribution in [0.3, 0.4) is 0 Å². The van der Waals surface area contributed by atoms with Crippen LogP contribution in [0.15, 0.2) is 30.5 Å². The minimum Gasteiger partial charge on any atom is -0.384 e. The van der Waals surface area contributed by atoms with Gasteiger partial charge in [0.05, 0.1) is 41.1 Å². The Morgan fingerprint density at radius 3 is 2.33 bits per heavy atom. The average Bonchev–Trinajstić information content (AvgIpc) is 3.77. The maximum atomic E-state index is 14.7. The van der Waals surface area contributed by atoms with Crippen molar-refractivity contribution in [1.82, 2.24) is 30.5 Å². The van der Waals surface area contributed by atoms with Crippen LogP contribution in [-0.2, 0) is 34.6 Å². The summed E-state index contributed by atoms with van der Waals surface area (Å²) in [5.41, 5.74) is 3.00. The molecule has 5 N–H and O–H groups in total. The molecule has 1 saturated carbocycles. The van der Waals surface area contributed by atoms with E-state index < -0.39 is 80.0 Å². The maximum Gasteiger partial charge on any atom is 0.287 e. The van der Waals surface area contributed by atoms with Crippen LogP contribution in [0.1, 0.15) is 99.3 Å². The first-order valence-electron chi connectivity index (χ1n) is 17.1. The van der Waals surface area contributed by atoms with Gasteiger partial charge in [-0.2, -0.15) is 5.26 Å².